The second-order valence-electron chi connectivity index (χ2n) is 5.06. The molecule has 0 radical (unpaired) electrons. The smallest absolute Gasteiger partial charge is 0.345 e. The lowest BCUT2D eigenvalue weighted by atomic mass is 10.2. The van der Waals surface area contributed by atoms with Gasteiger partial charge >= 0.3 is 5.97 Å². The number of hydrogen-bond donors (Lipinski definition) is 2. The maximum Gasteiger partial charge on any atom is 0.345 e. The molecule has 1 aromatic heterocycles. The molecule has 0 atom stereocenters. The predicted octanol–water partition coefficient (Wildman–Crippen LogP) is 2.21. The van der Waals surface area contributed by atoms with Crippen LogP contribution in [0.2, 0.25) is 0 Å². The Balaban J connectivity index is 2.14. The fourth-order valence-corrected chi connectivity index (χ4v) is 4.55. The number of fused-ring (bicyclic) bond motifs is 1. The molecule has 1 heterocycles. The van der Waals surface area contributed by atoms with Gasteiger partial charge in [-0.25, -0.2) is 17.5 Å². The molecule has 2 aromatic rings. The number of benzene rings is 1. The van der Waals surface area contributed by atoms with E-state index in [1.807, 2.05) is 0 Å². The topological polar surface area (TPSA) is 104 Å². The summed E-state index contributed by atoms with van der Waals surface area (Å²) in [6.07, 6.45) is 0. The van der Waals surface area contributed by atoms with Gasteiger partial charge in [0, 0.05) is 23.5 Å². The van der Waals surface area contributed by atoms with Crippen LogP contribution in [0.15, 0.2) is 24.3 Å². The Kier molecular flexibility index (Phi) is 5.58. The van der Waals surface area contributed by atoms with Gasteiger partial charge in [-0.1, -0.05) is 13.8 Å². The molecule has 1 aromatic carbocycles. The first-order valence-electron chi connectivity index (χ1n) is 7.31. The van der Waals surface area contributed by atoms with E-state index in [0.717, 1.165) is 16.0 Å². The van der Waals surface area contributed by atoms with Gasteiger partial charge in [-0.2, -0.15) is 0 Å². The van der Waals surface area contributed by atoms with Crippen molar-refractivity contribution in [1.29, 1.82) is 0 Å². The molecule has 1 amide bonds. The van der Waals surface area contributed by atoms with E-state index in [9.17, 15) is 18.0 Å². The Hall–Kier alpha value is -1.97. The SMILES string of the molecule is CCN(CC)S(=O)(=O)CC(=O)Nc1ccc2sc(C(=O)O)cc2c1. The first kappa shape index (κ1) is 18.4. The third-order valence-corrected chi connectivity index (χ3v) is 6.46. The minimum Gasteiger partial charge on any atom is -0.477 e. The van der Waals surface area contributed by atoms with Crippen LogP contribution >= 0.6 is 11.3 Å². The van der Waals surface area contributed by atoms with Gasteiger partial charge < -0.3 is 10.4 Å². The standard InChI is InChI=1S/C15H18N2O5S2/c1-3-17(4-2)24(21,22)9-14(18)16-11-5-6-12-10(7-11)8-13(23-12)15(19)20/h5-8H,3-4,9H2,1-2H3,(H,16,18)(H,19,20). The quantitative estimate of drug-likeness (QED) is 0.778. The van der Waals surface area contributed by atoms with Crippen LogP contribution in [0.25, 0.3) is 10.1 Å². The lowest BCUT2D eigenvalue weighted by molar-refractivity contribution is -0.113. The largest absolute Gasteiger partial charge is 0.477 e. The Bertz CT molecular complexity index is 869. The zero-order valence-electron chi connectivity index (χ0n) is 13.3. The van der Waals surface area contributed by atoms with Crippen molar-refractivity contribution >= 4 is 49.0 Å². The Morgan fingerprint density at radius 2 is 1.88 bits per heavy atom. The predicted molar refractivity (Wildman–Crippen MR) is 94.1 cm³/mol. The van der Waals surface area contributed by atoms with Crippen molar-refractivity contribution in [3.63, 3.8) is 0 Å². The lowest BCUT2D eigenvalue weighted by Gasteiger charge is -2.17. The van der Waals surface area contributed by atoms with Gasteiger partial charge in [0.1, 0.15) is 10.6 Å². The van der Waals surface area contributed by atoms with E-state index in [1.54, 1.807) is 32.0 Å². The highest BCUT2D eigenvalue weighted by Crippen LogP contribution is 2.28. The number of carbonyl (C=O) groups excluding carboxylic acids is 1. The summed E-state index contributed by atoms with van der Waals surface area (Å²) >= 11 is 1.14. The number of rotatable bonds is 7. The van der Waals surface area contributed by atoms with E-state index in [1.165, 1.54) is 10.4 Å². The summed E-state index contributed by atoms with van der Waals surface area (Å²) in [5, 5.41) is 12.2. The summed E-state index contributed by atoms with van der Waals surface area (Å²) in [5.74, 6) is -2.27. The fraction of sp³-hybridized carbons (Fsp3) is 0.333. The van der Waals surface area contributed by atoms with E-state index in [4.69, 9.17) is 5.11 Å². The van der Waals surface area contributed by atoms with Crippen LogP contribution in [-0.4, -0.2) is 48.5 Å². The summed E-state index contributed by atoms with van der Waals surface area (Å²) in [6.45, 7) is 4.04. The van der Waals surface area contributed by atoms with Gasteiger partial charge in [0.25, 0.3) is 0 Å². The Morgan fingerprint density at radius 3 is 2.46 bits per heavy atom. The van der Waals surface area contributed by atoms with Gasteiger partial charge in [-0.05, 0) is 29.7 Å². The highest BCUT2D eigenvalue weighted by Gasteiger charge is 2.22. The summed E-state index contributed by atoms with van der Waals surface area (Å²) in [4.78, 5) is 23.2. The minimum absolute atomic E-state index is 0.206. The average Bonchev–Trinajstić information content (AvgIpc) is 2.90. The number of carboxylic acid groups (broad SMARTS) is 1. The molecule has 9 heteroatoms. The third-order valence-electron chi connectivity index (χ3n) is 3.42. The first-order valence-corrected chi connectivity index (χ1v) is 9.74. The number of anilines is 1. The molecule has 0 aliphatic rings. The molecule has 24 heavy (non-hydrogen) atoms. The highest BCUT2D eigenvalue weighted by molar-refractivity contribution is 7.89. The van der Waals surface area contributed by atoms with Crippen molar-refractivity contribution in [2.24, 2.45) is 0 Å². The van der Waals surface area contributed by atoms with Crippen LogP contribution in [-0.2, 0) is 14.8 Å². The van der Waals surface area contributed by atoms with Crippen LogP contribution in [0, 0.1) is 0 Å². The molecule has 2 N–H and O–H groups in total. The highest BCUT2D eigenvalue weighted by atomic mass is 32.2. The average molecular weight is 370 g/mol. The van der Waals surface area contributed by atoms with E-state index in [0.29, 0.717) is 24.2 Å². The molecule has 0 aliphatic heterocycles. The van der Waals surface area contributed by atoms with Crippen LogP contribution in [0.4, 0.5) is 5.69 Å². The number of carbonyl (C=O) groups is 2. The van der Waals surface area contributed by atoms with Gasteiger partial charge in [0.15, 0.2) is 0 Å². The molecule has 7 nitrogen and oxygen atoms in total. The maximum absolute atomic E-state index is 12.1. The van der Waals surface area contributed by atoms with Crippen molar-refractivity contribution in [1.82, 2.24) is 4.31 Å². The number of carboxylic acids is 1. The van der Waals surface area contributed by atoms with Crippen LogP contribution in [0.1, 0.15) is 23.5 Å². The van der Waals surface area contributed by atoms with Gasteiger partial charge in [0.2, 0.25) is 15.9 Å². The first-order chi connectivity index (χ1) is 11.3. The van der Waals surface area contributed by atoms with Gasteiger partial charge in [-0.15, -0.1) is 11.3 Å². The van der Waals surface area contributed by atoms with E-state index >= 15 is 0 Å². The molecular weight excluding hydrogens is 352 g/mol. The monoisotopic (exact) mass is 370 g/mol. The maximum atomic E-state index is 12.1. The van der Waals surface area contributed by atoms with Gasteiger partial charge in [0.05, 0.1) is 0 Å². The molecule has 0 unspecified atom stereocenters. The molecule has 0 saturated carbocycles. The summed E-state index contributed by atoms with van der Waals surface area (Å²) < 4.78 is 26.2. The molecule has 0 spiro atoms. The number of thiophene rings is 1. The van der Waals surface area contributed by atoms with Crippen molar-refractivity contribution in [2.45, 2.75) is 13.8 Å². The fourth-order valence-electron chi connectivity index (χ4n) is 2.30. The minimum atomic E-state index is -3.65. The van der Waals surface area contributed by atoms with Crippen molar-refractivity contribution in [3.05, 3.63) is 29.1 Å². The number of aromatic carboxylic acids is 1. The molecule has 0 bridgehead atoms. The third kappa shape index (κ3) is 4.11. The Morgan fingerprint density at radius 1 is 1.21 bits per heavy atom. The molecule has 2 rings (SSSR count). The molecule has 0 saturated heterocycles. The van der Waals surface area contributed by atoms with E-state index in [-0.39, 0.29) is 4.88 Å². The second-order valence-corrected chi connectivity index (χ2v) is 8.11. The number of nitrogens with one attached hydrogen (secondary N) is 1. The van der Waals surface area contributed by atoms with Crippen molar-refractivity contribution in [2.75, 3.05) is 24.2 Å². The number of sulfonamides is 1. The van der Waals surface area contributed by atoms with E-state index in [2.05, 4.69) is 5.32 Å². The molecule has 130 valence electrons. The molecular formula is C15H18N2O5S2. The van der Waals surface area contributed by atoms with Crippen LogP contribution in [0.5, 0.6) is 0 Å². The lowest BCUT2D eigenvalue weighted by Crippen LogP contribution is -2.36. The number of nitrogens with zero attached hydrogens (tertiary/aromatic N) is 1. The van der Waals surface area contributed by atoms with E-state index < -0.39 is 27.7 Å². The number of hydrogen-bond acceptors (Lipinski definition) is 5. The normalized spacial score (nSPS) is 11.8. The molecule has 0 fully saturated rings. The van der Waals surface area contributed by atoms with Crippen molar-refractivity contribution in [3.8, 4) is 0 Å². The van der Waals surface area contributed by atoms with Crippen molar-refractivity contribution < 1.29 is 23.1 Å². The zero-order valence-corrected chi connectivity index (χ0v) is 14.9. The van der Waals surface area contributed by atoms with Gasteiger partial charge in [-0.3, -0.25) is 4.79 Å². The van der Waals surface area contributed by atoms with Crippen LogP contribution < -0.4 is 5.32 Å². The zero-order chi connectivity index (χ0) is 17.9. The number of amides is 1. The van der Waals surface area contributed by atoms with Crippen LogP contribution in [0.3, 0.4) is 0 Å². The summed E-state index contributed by atoms with van der Waals surface area (Å²) in [7, 11) is -3.65. The molecule has 0 aliphatic carbocycles. The summed E-state index contributed by atoms with van der Waals surface area (Å²) in [5.41, 5.74) is 0.428. The summed E-state index contributed by atoms with van der Waals surface area (Å²) in [6, 6.07) is 6.46. The Labute approximate surface area is 143 Å². The second kappa shape index (κ2) is 7.29.